The molecule has 6 heteroatoms. The number of nitrogens with zero attached hydrogens (tertiary/aromatic N) is 1. The van der Waals surface area contributed by atoms with E-state index in [0.29, 0.717) is 30.4 Å². The molecule has 1 aromatic heterocycles. The zero-order chi connectivity index (χ0) is 23.8. The summed E-state index contributed by atoms with van der Waals surface area (Å²) >= 11 is 0. The van der Waals surface area contributed by atoms with Gasteiger partial charge in [0.05, 0.1) is 6.42 Å². The van der Waals surface area contributed by atoms with Crippen molar-refractivity contribution in [2.75, 3.05) is 0 Å². The highest BCUT2D eigenvalue weighted by atomic mass is 16.5. The van der Waals surface area contributed by atoms with E-state index in [2.05, 4.69) is 11.9 Å². The number of carboxylic acid groups (broad SMARTS) is 1. The molecule has 0 amide bonds. The van der Waals surface area contributed by atoms with Crippen molar-refractivity contribution < 1.29 is 23.8 Å². The van der Waals surface area contributed by atoms with Crippen LogP contribution in [0.5, 0.6) is 11.5 Å². The molecule has 0 aliphatic carbocycles. The lowest BCUT2D eigenvalue weighted by Crippen LogP contribution is -2.04. The summed E-state index contributed by atoms with van der Waals surface area (Å²) in [4.78, 5) is 15.7. The van der Waals surface area contributed by atoms with Gasteiger partial charge in [0.15, 0.2) is 0 Å². The molecule has 0 radical (unpaired) electrons. The summed E-state index contributed by atoms with van der Waals surface area (Å²) in [6.45, 7) is 2.77. The van der Waals surface area contributed by atoms with Crippen LogP contribution in [-0.4, -0.2) is 16.1 Å². The molecule has 174 valence electrons. The predicted octanol–water partition coefficient (Wildman–Crippen LogP) is 6.08. The molecule has 0 saturated carbocycles. The first-order valence-corrected chi connectivity index (χ1v) is 11.3. The van der Waals surface area contributed by atoms with Crippen molar-refractivity contribution in [3.05, 3.63) is 101 Å². The van der Waals surface area contributed by atoms with Crippen LogP contribution < -0.4 is 9.47 Å². The van der Waals surface area contributed by atoms with Crippen LogP contribution in [0.1, 0.15) is 35.9 Å². The van der Waals surface area contributed by atoms with E-state index < -0.39 is 5.97 Å². The summed E-state index contributed by atoms with van der Waals surface area (Å²) in [6, 6.07) is 24.7. The molecule has 0 spiro atoms. The van der Waals surface area contributed by atoms with Gasteiger partial charge in [-0.05, 0) is 42.3 Å². The second kappa shape index (κ2) is 11.2. The van der Waals surface area contributed by atoms with Gasteiger partial charge in [-0.25, -0.2) is 4.98 Å². The number of aryl methyl sites for hydroxylation is 1. The normalized spacial score (nSPS) is 10.7. The number of oxazole rings is 1. The lowest BCUT2D eigenvalue weighted by molar-refractivity contribution is -0.136. The Balaban J connectivity index is 1.37. The predicted molar refractivity (Wildman–Crippen MR) is 129 cm³/mol. The van der Waals surface area contributed by atoms with Crippen LogP contribution >= 0.6 is 0 Å². The average molecular weight is 458 g/mol. The number of ether oxygens (including phenoxy) is 2. The van der Waals surface area contributed by atoms with Crippen LogP contribution in [0.3, 0.4) is 0 Å². The maximum atomic E-state index is 11.0. The van der Waals surface area contributed by atoms with Gasteiger partial charge in [-0.2, -0.15) is 0 Å². The second-order valence-electron chi connectivity index (χ2n) is 7.90. The summed E-state index contributed by atoms with van der Waals surface area (Å²) in [5, 5.41) is 9.07. The van der Waals surface area contributed by atoms with Gasteiger partial charge in [0.1, 0.15) is 36.2 Å². The van der Waals surface area contributed by atoms with E-state index >= 15 is 0 Å². The van der Waals surface area contributed by atoms with Crippen LogP contribution in [0.15, 0.2) is 83.3 Å². The molecule has 34 heavy (non-hydrogen) atoms. The van der Waals surface area contributed by atoms with E-state index in [9.17, 15) is 4.79 Å². The number of para-hydroxylation sites is 1. The summed E-state index contributed by atoms with van der Waals surface area (Å²) in [6.07, 6.45) is 1.69. The molecule has 3 aromatic carbocycles. The maximum Gasteiger partial charge on any atom is 0.307 e. The molecular weight excluding hydrogens is 430 g/mol. The Bertz CT molecular complexity index is 1220. The third-order valence-corrected chi connectivity index (χ3v) is 5.28. The largest absolute Gasteiger partial charge is 0.489 e. The fourth-order valence-electron chi connectivity index (χ4n) is 3.57. The first kappa shape index (κ1) is 23.1. The van der Waals surface area contributed by atoms with E-state index in [0.717, 1.165) is 41.2 Å². The molecule has 0 saturated heterocycles. The fourth-order valence-corrected chi connectivity index (χ4v) is 3.57. The Morgan fingerprint density at radius 1 is 0.912 bits per heavy atom. The van der Waals surface area contributed by atoms with Crippen molar-refractivity contribution in [1.82, 2.24) is 4.98 Å². The minimum absolute atomic E-state index is 0.0724. The zero-order valence-corrected chi connectivity index (χ0v) is 19.1. The number of aromatic nitrogens is 1. The van der Waals surface area contributed by atoms with Crippen molar-refractivity contribution >= 4 is 5.97 Å². The highest BCUT2D eigenvalue weighted by molar-refractivity contribution is 5.71. The van der Waals surface area contributed by atoms with Crippen molar-refractivity contribution in [3.8, 4) is 23.0 Å². The van der Waals surface area contributed by atoms with Gasteiger partial charge in [0.2, 0.25) is 5.89 Å². The standard InChI is InChI=1S/C28H27NO5/c1-2-8-26-24(29-28(34-26)21-9-4-3-5-10-21)19-32-23-15-13-20(14-16-23)18-33-25-12-7-6-11-22(25)17-27(30)31/h3-7,9-16H,2,8,17-19H2,1H3,(H,30,31). The van der Waals surface area contributed by atoms with Crippen molar-refractivity contribution in [2.24, 2.45) is 0 Å². The zero-order valence-electron chi connectivity index (χ0n) is 19.1. The Morgan fingerprint density at radius 3 is 2.38 bits per heavy atom. The Hall–Kier alpha value is -4.06. The first-order chi connectivity index (χ1) is 16.6. The van der Waals surface area contributed by atoms with Crippen LogP contribution in [0.4, 0.5) is 0 Å². The molecule has 0 atom stereocenters. The van der Waals surface area contributed by atoms with E-state index in [1.165, 1.54) is 0 Å². The molecule has 0 bridgehead atoms. The third-order valence-electron chi connectivity index (χ3n) is 5.28. The van der Waals surface area contributed by atoms with E-state index in [1.807, 2.05) is 60.7 Å². The van der Waals surface area contributed by atoms with E-state index in [-0.39, 0.29) is 6.42 Å². The van der Waals surface area contributed by atoms with Gasteiger partial charge >= 0.3 is 5.97 Å². The molecule has 6 nitrogen and oxygen atoms in total. The number of hydrogen-bond donors (Lipinski definition) is 1. The van der Waals surface area contributed by atoms with E-state index in [1.54, 1.807) is 18.2 Å². The van der Waals surface area contributed by atoms with Crippen LogP contribution in [0.2, 0.25) is 0 Å². The van der Waals surface area contributed by atoms with Crippen molar-refractivity contribution in [3.63, 3.8) is 0 Å². The third kappa shape index (κ3) is 6.04. The Kier molecular flexibility index (Phi) is 7.60. The molecule has 1 N–H and O–H groups in total. The molecule has 1 heterocycles. The molecule has 0 aliphatic rings. The van der Waals surface area contributed by atoms with E-state index in [4.69, 9.17) is 19.0 Å². The number of aliphatic carboxylic acids is 1. The van der Waals surface area contributed by atoms with Crippen molar-refractivity contribution in [2.45, 2.75) is 39.4 Å². The summed E-state index contributed by atoms with van der Waals surface area (Å²) in [5.74, 6) is 1.88. The van der Waals surface area contributed by atoms with Crippen LogP contribution in [0.25, 0.3) is 11.5 Å². The second-order valence-corrected chi connectivity index (χ2v) is 7.90. The summed E-state index contributed by atoms with van der Waals surface area (Å²) in [7, 11) is 0. The number of carboxylic acids is 1. The van der Waals surface area contributed by atoms with Gasteiger partial charge in [-0.15, -0.1) is 0 Å². The fraction of sp³-hybridized carbons (Fsp3) is 0.214. The number of hydrogen-bond acceptors (Lipinski definition) is 5. The lowest BCUT2D eigenvalue weighted by Gasteiger charge is -2.11. The molecule has 0 unspecified atom stereocenters. The van der Waals surface area contributed by atoms with Gasteiger partial charge in [-0.1, -0.05) is 55.5 Å². The van der Waals surface area contributed by atoms with Gasteiger partial charge in [0, 0.05) is 17.5 Å². The number of carbonyl (C=O) groups is 1. The quantitative estimate of drug-likeness (QED) is 0.294. The molecule has 4 aromatic rings. The molecule has 4 rings (SSSR count). The number of benzene rings is 3. The Labute approximate surface area is 198 Å². The van der Waals surface area contributed by atoms with Crippen LogP contribution in [0, 0.1) is 0 Å². The minimum atomic E-state index is -0.886. The molecule has 0 fully saturated rings. The first-order valence-electron chi connectivity index (χ1n) is 11.3. The van der Waals surface area contributed by atoms with Crippen molar-refractivity contribution in [1.29, 1.82) is 0 Å². The lowest BCUT2D eigenvalue weighted by atomic mass is 10.1. The molecule has 0 aliphatic heterocycles. The minimum Gasteiger partial charge on any atom is -0.489 e. The smallest absolute Gasteiger partial charge is 0.307 e. The number of rotatable bonds is 11. The van der Waals surface area contributed by atoms with Crippen LogP contribution in [-0.2, 0) is 30.8 Å². The highest BCUT2D eigenvalue weighted by Gasteiger charge is 2.15. The van der Waals surface area contributed by atoms with Gasteiger partial charge < -0.3 is 19.0 Å². The maximum absolute atomic E-state index is 11.0. The average Bonchev–Trinajstić information content (AvgIpc) is 3.26. The molecular formula is C28H27NO5. The summed E-state index contributed by atoms with van der Waals surface area (Å²) < 4.78 is 17.8. The van der Waals surface area contributed by atoms with Gasteiger partial charge in [-0.3, -0.25) is 4.79 Å². The highest BCUT2D eigenvalue weighted by Crippen LogP contribution is 2.25. The topological polar surface area (TPSA) is 81.8 Å². The SMILES string of the molecule is CCCc1oc(-c2ccccc2)nc1COc1ccc(COc2ccccc2CC(=O)O)cc1. The summed E-state index contributed by atoms with van der Waals surface area (Å²) in [5.41, 5.74) is 3.36. The Morgan fingerprint density at radius 2 is 1.65 bits per heavy atom. The van der Waals surface area contributed by atoms with Gasteiger partial charge in [0.25, 0.3) is 0 Å². The monoisotopic (exact) mass is 457 g/mol.